The van der Waals surface area contributed by atoms with Crippen LogP contribution in [0.3, 0.4) is 0 Å². The molecule has 0 bridgehead atoms. The normalized spacial score (nSPS) is 19.3. The molecule has 2 unspecified atom stereocenters. The Kier molecular flexibility index (Phi) is 5.88. The smallest absolute Gasteiger partial charge is 0.232 e. The van der Waals surface area contributed by atoms with Crippen molar-refractivity contribution in [1.29, 1.82) is 0 Å². The van der Waals surface area contributed by atoms with Crippen LogP contribution < -0.4 is 5.32 Å². The number of nitrogens with one attached hydrogen (secondary N) is 1. The molecule has 3 heterocycles. The molecule has 164 valence electrons. The summed E-state index contributed by atoms with van der Waals surface area (Å²) in [5.41, 5.74) is 3.71. The van der Waals surface area contributed by atoms with E-state index < -0.39 is 0 Å². The summed E-state index contributed by atoms with van der Waals surface area (Å²) in [6, 6.07) is 20.5. The molecular weight excluding hydrogens is 400 g/mol. The van der Waals surface area contributed by atoms with Crippen molar-refractivity contribution >= 4 is 16.9 Å². The highest BCUT2D eigenvalue weighted by molar-refractivity contribution is 6.05. The first-order valence-electron chi connectivity index (χ1n) is 11.2. The van der Waals surface area contributed by atoms with E-state index in [1.807, 2.05) is 36.4 Å². The van der Waals surface area contributed by atoms with Crippen LogP contribution in [0.2, 0.25) is 0 Å². The van der Waals surface area contributed by atoms with Crippen LogP contribution in [-0.4, -0.2) is 53.3 Å². The number of furan rings is 1. The number of nitrogens with zero attached hydrogens (tertiary/aromatic N) is 3. The zero-order chi connectivity index (χ0) is 21.9. The molecule has 1 saturated heterocycles. The monoisotopic (exact) mass is 428 g/mol. The third-order valence-electron chi connectivity index (χ3n) is 5.80. The van der Waals surface area contributed by atoms with Crippen molar-refractivity contribution < 1.29 is 9.15 Å². The average Bonchev–Trinajstić information content (AvgIpc) is 3.20. The van der Waals surface area contributed by atoms with Gasteiger partial charge in [0.05, 0.1) is 17.6 Å². The second-order valence-corrected chi connectivity index (χ2v) is 8.38. The van der Waals surface area contributed by atoms with Gasteiger partial charge in [0, 0.05) is 37.3 Å². The molecule has 1 aliphatic rings. The predicted molar refractivity (Wildman–Crippen MR) is 128 cm³/mol. The van der Waals surface area contributed by atoms with Gasteiger partial charge in [-0.05, 0) is 19.4 Å². The van der Waals surface area contributed by atoms with Crippen LogP contribution in [0.15, 0.2) is 71.4 Å². The van der Waals surface area contributed by atoms with Gasteiger partial charge in [0.15, 0.2) is 0 Å². The lowest BCUT2D eigenvalue weighted by atomic mass is 9.99. The van der Waals surface area contributed by atoms with Crippen molar-refractivity contribution in [2.24, 2.45) is 0 Å². The number of hydrogen-bond donors (Lipinski definition) is 1. The Morgan fingerprint density at radius 2 is 1.56 bits per heavy atom. The van der Waals surface area contributed by atoms with E-state index in [-0.39, 0.29) is 12.2 Å². The average molecular weight is 429 g/mol. The predicted octanol–water partition coefficient (Wildman–Crippen LogP) is 5.08. The van der Waals surface area contributed by atoms with Crippen LogP contribution >= 0.6 is 0 Å². The topological polar surface area (TPSA) is 63.4 Å². The van der Waals surface area contributed by atoms with Gasteiger partial charge >= 0.3 is 0 Å². The van der Waals surface area contributed by atoms with Crippen molar-refractivity contribution in [3.63, 3.8) is 0 Å². The lowest BCUT2D eigenvalue weighted by molar-refractivity contribution is -0.0667. The molecule has 4 aromatic rings. The van der Waals surface area contributed by atoms with E-state index in [2.05, 4.69) is 58.3 Å². The van der Waals surface area contributed by atoms with Gasteiger partial charge in [0.1, 0.15) is 17.9 Å². The second kappa shape index (κ2) is 9.10. The molecule has 2 atom stereocenters. The first-order valence-corrected chi connectivity index (χ1v) is 11.2. The number of ether oxygens (including phenoxy) is 1. The van der Waals surface area contributed by atoms with Crippen LogP contribution in [0.5, 0.6) is 0 Å². The van der Waals surface area contributed by atoms with Gasteiger partial charge in [-0.15, -0.1) is 0 Å². The molecular formula is C26H28N4O2. The van der Waals surface area contributed by atoms with Crippen molar-refractivity contribution in [2.45, 2.75) is 26.1 Å². The number of benzene rings is 2. The molecule has 2 aromatic heterocycles. The third-order valence-corrected chi connectivity index (χ3v) is 5.80. The maximum Gasteiger partial charge on any atom is 0.232 e. The number of hydrogen-bond acceptors (Lipinski definition) is 6. The summed E-state index contributed by atoms with van der Waals surface area (Å²) in [5, 5.41) is 4.46. The highest BCUT2D eigenvalue weighted by Crippen LogP contribution is 2.42. The summed E-state index contributed by atoms with van der Waals surface area (Å²) >= 11 is 0. The summed E-state index contributed by atoms with van der Waals surface area (Å²) in [4.78, 5) is 11.5. The molecule has 0 saturated carbocycles. The first-order chi connectivity index (χ1) is 15.7. The zero-order valence-electron chi connectivity index (χ0n) is 18.5. The van der Waals surface area contributed by atoms with Gasteiger partial charge in [0.2, 0.25) is 5.71 Å². The minimum Gasteiger partial charge on any atom is -0.437 e. The Hall–Kier alpha value is -3.22. The van der Waals surface area contributed by atoms with Crippen LogP contribution in [0, 0.1) is 0 Å². The van der Waals surface area contributed by atoms with Gasteiger partial charge in [0.25, 0.3) is 0 Å². The fourth-order valence-electron chi connectivity index (χ4n) is 4.54. The summed E-state index contributed by atoms with van der Waals surface area (Å²) in [6.07, 6.45) is 2.09. The van der Waals surface area contributed by atoms with Gasteiger partial charge in [-0.2, -0.15) is 0 Å². The highest BCUT2D eigenvalue weighted by Gasteiger charge is 2.23. The number of fused-ring (bicyclic) bond motifs is 1. The van der Waals surface area contributed by atoms with E-state index in [0.29, 0.717) is 5.71 Å². The van der Waals surface area contributed by atoms with E-state index >= 15 is 0 Å². The van der Waals surface area contributed by atoms with Gasteiger partial charge < -0.3 is 14.5 Å². The fourth-order valence-corrected chi connectivity index (χ4v) is 4.54. The molecule has 0 spiro atoms. The second-order valence-electron chi connectivity index (χ2n) is 8.38. The lowest BCUT2D eigenvalue weighted by Crippen LogP contribution is -2.46. The summed E-state index contributed by atoms with van der Waals surface area (Å²) < 4.78 is 12.1. The number of morpholine rings is 1. The van der Waals surface area contributed by atoms with Crippen molar-refractivity contribution in [2.75, 3.05) is 31.5 Å². The molecule has 5 rings (SSSR count). The molecule has 6 heteroatoms. The van der Waals surface area contributed by atoms with E-state index in [0.717, 1.165) is 59.8 Å². The van der Waals surface area contributed by atoms with Crippen molar-refractivity contribution in [3.8, 4) is 22.5 Å². The first kappa shape index (κ1) is 20.7. The van der Waals surface area contributed by atoms with Gasteiger partial charge in [-0.25, -0.2) is 9.97 Å². The number of rotatable bonds is 6. The minimum absolute atomic E-state index is 0.261. The quantitative estimate of drug-likeness (QED) is 0.462. The zero-order valence-corrected chi connectivity index (χ0v) is 18.5. The summed E-state index contributed by atoms with van der Waals surface area (Å²) in [7, 11) is 0. The largest absolute Gasteiger partial charge is 0.437 e. The molecule has 1 fully saturated rings. The molecule has 2 aromatic carbocycles. The molecule has 0 radical (unpaired) electrons. The van der Waals surface area contributed by atoms with E-state index in [1.165, 1.54) is 0 Å². The molecule has 0 amide bonds. The van der Waals surface area contributed by atoms with Crippen molar-refractivity contribution in [3.05, 3.63) is 67.0 Å². The van der Waals surface area contributed by atoms with Gasteiger partial charge in [-0.3, -0.25) is 4.90 Å². The maximum atomic E-state index is 6.29. The Bertz CT molecular complexity index is 1170. The Balaban J connectivity index is 1.49. The molecule has 0 aliphatic carbocycles. The standard InChI is InChI=1S/C26H28N4O2/c1-18-15-30(16-19(2)31-18)14-13-27-25-23-22(20-9-5-3-6-10-20)24(21-11-7-4-8-12-21)32-26(23)29-17-28-25/h3-12,17-19H,13-16H2,1-2H3,(H,27,28,29). The van der Waals surface area contributed by atoms with Crippen molar-refractivity contribution in [1.82, 2.24) is 14.9 Å². The minimum atomic E-state index is 0.261. The molecule has 32 heavy (non-hydrogen) atoms. The lowest BCUT2D eigenvalue weighted by Gasteiger charge is -2.35. The molecule has 1 aliphatic heterocycles. The Labute approximate surface area is 188 Å². The van der Waals surface area contributed by atoms with Crippen LogP contribution in [-0.2, 0) is 4.74 Å². The SMILES string of the molecule is CC1CN(CCNc2ncnc3oc(-c4ccccc4)c(-c4ccccc4)c23)CC(C)O1. The fraction of sp³-hybridized carbons (Fsp3) is 0.308. The van der Waals surface area contributed by atoms with Gasteiger partial charge in [-0.1, -0.05) is 60.7 Å². The Morgan fingerprint density at radius 1 is 0.906 bits per heavy atom. The highest BCUT2D eigenvalue weighted by atomic mass is 16.5. The molecule has 6 nitrogen and oxygen atoms in total. The van der Waals surface area contributed by atoms with Crippen LogP contribution in [0.25, 0.3) is 33.6 Å². The molecule has 1 N–H and O–H groups in total. The third kappa shape index (κ3) is 4.24. The van der Waals surface area contributed by atoms with Crippen LogP contribution in [0.1, 0.15) is 13.8 Å². The number of aromatic nitrogens is 2. The van der Waals surface area contributed by atoms with Crippen LogP contribution in [0.4, 0.5) is 5.82 Å². The number of anilines is 1. The Morgan fingerprint density at radius 3 is 2.25 bits per heavy atom. The summed E-state index contributed by atoms with van der Waals surface area (Å²) in [6.45, 7) is 7.87. The summed E-state index contributed by atoms with van der Waals surface area (Å²) in [5.74, 6) is 1.61. The van der Waals surface area contributed by atoms with E-state index in [1.54, 1.807) is 6.33 Å². The van der Waals surface area contributed by atoms with E-state index in [4.69, 9.17) is 9.15 Å². The van der Waals surface area contributed by atoms with E-state index in [9.17, 15) is 0 Å². The maximum absolute atomic E-state index is 6.29.